The Kier molecular flexibility index (Phi) is 3.92. The van der Waals surface area contributed by atoms with Crippen molar-refractivity contribution in [1.29, 1.82) is 0 Å². The highest BCUT2D eigenvalue weighted by molar-refractivity contribution is 9.10. The zero-order valence-electron chi connectivity index (χ0n) is 9.60. The van der Waals surface area contributed by atoms with Gasteiger partial charge in [-0.2, -0.15) is 0 Å². The van der Waals surface area contributed by atoms with Crippen LogP contribution in [0, 0.1) is 6.92 Å². The number of aryl methyl sites for hydroxylation is 1. The van der Waals surface area contributed by atoms with Crippen LogP contribution in [0.1, 0.15) is 22.8 Å². The largest absolute Gasteiger partial charge is 0.388 e. The van der Waals surface area contributed by atoms with Gasteiger partial charge in [-0.25, -0.2) is 0 Å². The van der Waals surface area contributed by atoms with Crippen LogP contribution in [-0.4, -0.2) is 10.1 Å². The molecule has 1 unspecified atom stereocenters. The van der Waals surface area contributed by atoms with Gasteiger partial charge in [-0.05, 0) is 40.0 Å². The number of rotatable bonds is 3. The number of aliphatic hydroxyl groups excluding tert-OH is 1. The fourth-order valence-corrected chi connectivity index (χ4v) is 2.11. The fraction of sp³-hybridized carbons (Fsp3) is 0.214. The Hall–Kier alpha value is -1.19. The Morgan fingerprint density at radius 1 is 1.24 bits per heavy atom. The smallest absolute Gasteiger partial charge is 0.0830 e. The molecule has 0 amide bonds. The molecule has 0 fully saturated rings. The molecular formula is C14H14BrNO. The number of hydrogen-bond acceptors (Lipinski definition) is 2. The number of halogens is 1. The number of nitrogens with zero attached hydrogens (tertiary/aromatic N) is 1. The first-order chi connectivity index (χ1) is 8.15. The lowest BCUT2D eigenvalue weighted by atomic mass is 10.0. The van der Waals surface area contributed by atoms with E-state index in [1.165, 1.54) is 5.56 Å². The van der Waals surface area contributed by atoms with Gasteiger partial charge in [-0.15, -0.1) is 0 Å². The number of hydrogen-bond donors (Lipinski definition) is 1. The first-order valence-electron chi connectivity index (χ1n) is 5.49. The Bertz CT molecular complexity index is 496. The molecule has 1 aromatic carbocycles. The van der Waals surface area contributed by atoms with E-state index in [4.69, 9.17) is 0 Å². The van der Waals surface area contributed by atoms with Gasteiger partial charge in [0.2, 0.25) is 0 Å². The Labute approximate surface area is 109 Å². The topological polar surface area (TPSA) is 33.1 Å². The number of pyridine rings is 1. The molecule has 2 nitrogen and oxygen atoms in total. The van der Waals surface area contributed by atoms with Crippen molar-refractivity contribution in [2.24, 2.45) is 0 Å². The normalized spacial score (nSPS) is 12.4. The van der Waals surface area contributed by atoms with Crippen molar-refractivity contribution < 1.29 is 5.11 Å². The molecule has 1 N–H and O–H groups in total. The predicted octanol–water partition coefficient (Wildman–Crippen LogP) is 3.43. The summed E-state index contributed by atoms with van der Waals surface area (Å²) in [5.41, 5.74) is 3.16. The average molecular weight is 292 g/mol. The van der Waals surface area contributed by atoms with Crippen molar-refractivity contribution in [3.05, 3.63) is 63.9 Å². The lowest BCUT2D eigenvalue weighted by molar-refractivity contribution is 0.178. The van der Waals surface area contributed by atoms with Gasteiger partial charge in [0.1, 0.15) is 0 Å². The molecular weight excluding hydrogens is 278 g/mol. The highest BCUT2D eigenvalue weighted by Crippen LogP contribution is 2.20. The fourth-order valence-electron chi connectivity index (χ4n) is 1.70. The molecule has 1 heterocycles. The quantitative estimate of drug-likeness (QED) is 0.940. The van der Waals surface area contributed by atoms with Crippen molar-refractivity contribution >= 4 is 15.9 Å². The van der Waals surface area contributed by atoms with E-state index in [2.05, 4.69) is 20.9 Å². The minimum Gasteiger partial charge on any atom is -0.388 e. The molecule has 0 saturated heterocycles. The summed E-state index contributed by atoms with van der Waals surface area (Å²) in [4.78, 5) is 4.09. The molecule has 0 bridgehead atoms. The summed E-state index contributed by atoms with van der Waals surface area (Å²) in [7, 11) is 0. The maximum Gasteiger partial charge on any atom is 0.0830 e. The van der Waals surface area contributed by atoms with Crippen LogP contribution in [0.2, 0.25) is 0 Å². The van der Waals surface area contributed by atoms with Crippen molar-refractivity contribution in [2.75, 3.05) is 0 Å². The Balaban J connectivity index is 2.11. The second-order valence-electron chi connectivity index (χ2n) is 4.14. The van der Waals surface area contributed by atoms with E-state index in [1.807, 2.05) is 37.3 Å². The Morgan fingerprint density at radius 2 is 1.94 bits per heavy atom. The van der Waals surface area contributed by atoms with E-state index in [9.17, 15) is 5.11 Å². The van der Waals surface area contributed by atoms with E-state index < -0.39 is 6.10 Å². The highest BCUT2D eigenvalue weighted by Gasteiger charge is 2.08. The third-order valence-electron chi connectivity index (χ3n) is 2.65. The van der Waals surface area contributed by atoms with Crippen molar-refractivity contribution in [3.63, 3.8) is 0 Å². The molecule has 0 aliphatic rings. The summed E-state index contributed by atoms with van der Waals surface area (Å²) in [6.45, 7) is 2.04. The molecule has 2 aromatic rings. The SMILES string of the molecule is Cc1ccc(C(O)Cc2cncc(Br)c2)cc1. The van der Waals surface area contributed by atoms with Crippen LogP contribution in [0.4, 0.5) is 0 Å². The molecule has 1 aromatic heterocycles. The Morgan fingerprint density at radius 3 is 2.59 bits per heavy atom. The van der Waals surface area contributed by atoms with Gasteiger partial charge >= 0.3 is 0 Å². The summed E-state index contributed by atoms with van der Waals surface area (Å²) in [6, 6.07) is 9.93. The minimum atomic E-state index is -0.480. The summed E-state index contributed by atoms with van der Waals surface area (Å²) < 4.78 is 0.936. The summed E-state index contributed by atoms with van der Waals surface area (Å²) in [5, 5.41) is 10.1. The van der Waals surface area contributed by atoms with Gasteiger partial charge in [0, 0.05) is 23.3 Å². The second-order valence-corrected chi connectivity index (χ2v) is 5.06. The highest BCUT2D eigenvalue weighted by atomic mass is 79.9. The van der Waals surface area contributed by atoms with Gasteiger partial charge in [0.25, 0.3) is 0 Å². The molecule has 0 spiro atoms. The first kappa shape index (κ1) is 12.3. The summed E-state index contributed by atoms with van der Waals surface area (Å²) >= 11 is 3.37. The van der Waals surface area contributed by atoms with Crippen LogP contribution in [0.3, 0.4) is 0 Å². The number of benzene rings is 1. The molecule has 88 valence electrons. The number of aromatic nitrogens is 1. The van der Waals surface area contributed by atoms with E-state index >= 15 is 0 Å². The standard InChI is InChI=1S/C14H14BrNO/c1-10-2-4-12(5-3-10)14(17)7-11-6-13(15)9-16-8-11/h2-6,8-9,14,17H,7H2,1H3. The van der Waals surface area contributed by atoms with Gasteiger partial charge in [0.15, 0.2) is 0 Å². The molecule has 0 saturated carbocycles. The maximum absolute atomic E-state index is 10.1. The van der Waals surface area contributed by atoms with E-state index in [0.717, 1.165) is 15.6 Å². The van der Waals surface area contributed by atoms with Crippen LogP contribution >= 0.6 is 15.9 Å². The molecule has 17 heavy (non-hydrogen) atoms. The van der Waals surface area contributed by atoms with Crippen molar-refractivity contribution in [2.45, 2.75) is 19.4 Å². The predicted molar refractivity (Wildman–Crippen MR) is 71.8 cm³/mol. The van der Waals surface area contributed by atoms with Crippen molar-refractivity contribution in [1.82, 2.24) is 4.98 Å². The summed E-state index contributed by atoms with van der Waals surface area (Å²) in [5.74, 6) is 0. The van der Waals surface area contributed by atoms with Gasteiger partial charge in [0.05, 0.1) is 6.10 Å². The maximum atomic E-state index is 10.1. The molecule has 1 atom stereocenters. The molecule has 3 heteroatoms. The van der Waals surface area contributed by atoms with Crippen LogP contribution < -0.4 is 0 Å². The van der Waals surface area contributed by atoms with Crippen LogP contribution in [-0.2, 0) is 6.42 Å². The monoisotopic (exact) mass is 291 g/mol. The van der Waals surface area contributed by atoms with Crippen LogP contribution in [0.15, 0.2) is 47.2 Å². The van der Waals surface area contributed by atoms with Crippen LogP contribution in [0.5, 0.6) is 0 Å². The first-order valence-corrected chi connectivity index (χ1v) is 6.28. The zero-order valence-corrected chi connectivity index (χ0v) is 11.2. The lowest BCUT2D eigenvalue weighted by Gasteiger charge is -2.11. The third-order valence-corrected chi connectivity index (χ3v) is 3.09. The second kappa shape index (κ2) is 5.43. The third kappa shape index (κ3) is 3.38. The molecule has 0 aliphatic carbocycles. The van der Waals surface area contributed by atoms with Gasteiger partial charge in [-0.3, -0.25) is 4.98 Å². The molecule has 2 rings (SSSR count). The molecule has 0 aliphatic heterocycles. The molecule has 0 radical (unpaired) electrons. The number of aliphatic hydroxyl groups is 1. The van der Waals surface area contributed by atoms with E-state index in [0.29, 0.717) is 6.42 Å². The van der Waals surface area contributed by atoms with Gasteiger partial charge < -0.3 is 5.11 Å². The van der Waals surface area contributed by atoms with E-state index in [1.54, 1.807) is 12.4 Å². The van der Waals surface area contributed by atoms with E-state index in [-0.39, 0.29) is 0 Å². The summed E-state index contributed by atoms with van der Waals surface area (Å²) in [6.07, 6.45) is 3.62. The zero-order chi connectivity index (χ0) is 12.3. The van der Waals surface area contributed by atoms with Crippen molar-refractivity contribution in [3.8, 4) is 0 Å². The van der Waals surface area contributed by atoms with Crippen LogP contribution in [0.25, 0.3) is 0 Å². The lowest BCUT2D eigenvalue weighted by Crippen LogP contribution is -2.02. The minimum absolute atomic E-state index is 0.480. The van der Waals surface area contributed by atoms with Gasteiger partial charge in [-0.1, -0.05) is 29.8 Å². The average Bonchev–Trinajstić information content (AvgIpc) is 2.29.